The lowest BCUT2D eigenvalue weighted by atomic mass is 10.0. The van der Waals surface area contributed by atoms with Gasteiger partial charge in [0.25, 0.3) is 0 Å². The molecule has 9 nitrogen and oxygen atoms in total. The third-order valence-electron chi connectivity index (χ3n) is 6.60. The highest BCUT2D eigenvalue weighted by Gasteiger charge is 2.32. The number of aliphatic hydroxyl groups is 1. The number of H-pyrrole nitrogens is 1. The van der Waals surface area contributed by atoms with Crippen molar-refractivity contribution in [3.63, 3.8) is 0 Å². The number of rotatable bonds is 6. The lowest BCUT2D eigenvalue weighted by Gasteiger charge is -2.38. The van der Waals surface area contributed by atoms with Gasteiger partial charge in [-0.3, -0.25) is 19.6 Å². The molecule has 1 atom stereocenters. The van der Waals surface area contributed by atoms with E-state index >= 15 is 0 Å². The predicted octanol–water partition coefficient (Wildman–Crippen LogP) is 4.14. The summed E-state index contributed by atoms with van der Waals surface area (Å²) < 4.78 is 8.18. The van der Waals surface area contributed by atoms with Gasteiger partial charge in [0.1, 0.15) is 24.2 Å². The monoisotopic (exact) mass is 502 g/mol. The molecule has 5 aromatic rings. The number of aliphatic hydroxyl groups excluding tert-OH is 1. The summed E-state index contributed by atoms with van der Waals surface area (Å²) in [6.07, 6.45) is 5.20. The van der Waals surface area contributed by atoms with Gasteiger partial charge in [0.05, 0.1) is 23.3 Å². The number of nitrogens with one attached hydrogen (secondary N) is 1. The molecule has 0 radical (unpaired) electrons. The van der Waals surface area contributed by atoms with Crippen molar-refractivity contribution in [3.05, 3.63) is 71.6 Å². The normalized spacial score (nSPS) is 14.8. The van der Waals surface area contributed by atoms with Gasteiger partial charge in [0, 0.05) is 52.4 Å². The van der Waals surface area contributed by atoms with Crippen LogP contribution in [-0.4, -0.2) is 60.6 Å². The molecule has 4 heterocycles. The van der Waals surface area contributed by atoms with Gasteiger partial charge in [-0.05, 0) is 43.3 Å². The third kappa shape index (κ3) is 3.96. The molecule has 1 aliphatic heterocycles. The summed E-state index contributed by atoms with van der Waals surface area (Å²) in [5.41, 5.74) is 4.32. The van der Waals surface area contributed by atoms with Crippen LogP contribution in [-0.2, 0) is 4.79 Å². The second kappa shape index (κ2) is 8.92. The minimum absolute atomic E-state index is 0.0845. The molecule has 1 unspecified atom stereocenters. The molecule has 1 saturated heterocycles. The number of aromatic amines is 1. The molecule has 0 aliphatic carbocycles. The summed E-state index contributed by atoms with van der Waals surface area (Å²) in [4.78, 5) is 17.6. The molecule has 0 bridgehead atoms. The lowest BCUT2D eigenvalue weighted by molar-refractivity contribution is -0.140. The van der Waals surface area contributed by atoms with E-state index in [2.05, 4.69) is 20.3 Å². The molecule has 1 amide bonds. The standard InChI is InChI=1S/C26H23ClN6O3/c1-15(21-7-17(27)8-24-20(21)3-2-6-28-24)36-19-4-5-23-22(9-19)26(31-30-23)16-10-29-33(11-16)18-12-32(13-18)25(35)14-34/h2-11,15,18,34H,12-14H2,1H3,(H,30,31). The van der Waals surface area contributed by atoms with E-state index in [1.54, 1.807) is 17.3 Å². The maximum Gasteiger partial charge on any atom is 0.248 e. The summed E-state index contributed by atoms with van der Waals surface area (Å²) in [7, 11) is 0. The Morgan fingerprint density at radius 3 is 2.94 bits per heavy atom. The summed E-state index contributed by atoms with van der Waals surface area (Å²) in [5.74, 6) is 0.444. The summed E-state index contributed by atoms with van der Waals surface area (Å²) >= 11 is 6.35. The van der Waals surface area contributed by atoms with Crippen LogP contribution in [0.25, 0.3) is 33.1 Å². The zero-order valence-electron chi connectivity index (χ0n) is 19.4. The van der Waals surface area contributed by atoms with E-state index in [4.69, 9.17) is 21.4 Å². The first kappa shape index (κ1) is 22.5. The highest BCUT2D eigenvalue weighted by atomic mass is 35.5. The maximum absolute atomic E-state index is 11.6. The molecule has 2 N–H and O–H groups in total. The SMILES string of the molecule is CC(Oc1ccc2[nH]nc(-c3cnn(C4CN(C(=O)CO)C4)c3)c2c1)c1cc(Cl)cc2ncccc12. The summed E-state index contributed by atoms with van der Waals surface area (Å²) in [6.45, 7) is 2.59. The van der Waals surface area contributed by atoms with Crippen LogP contribution >= 0.6 is 11.6 Å². The summed E-state index contributed by atoms with van der Waals surface area (Å²) in [5, 5.41) is 23.6. The fraction of sp³-hybridized carbons (Fsp3) is 0.231. The Morgan fingerprint density at radius 1 is 1.25 bits per heavy atom. The molecule has 0 spiro atoms. The van der Waals surface area contributed by atoms with Gasteiger partial charge < -0.3 is 14.7 Å². The fourth-order valence-electron chi connectivity index (χ4n) is 4.65. The number of carbonyl (C=O) groups is 1. The highest BCUT2D eigenvalue weighted by Crippen LogP contribution is 2.34. The summed E-state index contributed by atoms with van der Waals surface area (Å²) in [6, 6.07) is 13.6. The Balaban J connectivity index is 1.25. The first-order valence-corrected chi connectivity index (χ1v) is 12.0. The van der Waals surface area contributed by atoms with Crippen molar-refractivity contribution in [2.24, 2.45) is 0 Å². The van der Waals surface area contributed by atoms with Crippen LogP contribution in [0.15, 0.2) is 61.1 Å². The number of hydrogen-bond donors (Lipinski definition) is 2. The Labute approximate surface area is 211 Å². The number of likely N-dealkylation sites (tertiary alicyclic amines) is 1. The van der Waals surface area contributed by atoms with Crippen molar-refractivity contribution in [2.75, 3.05) is 19.7 Å². The number of aromatic nitrogens is 5. The quantitative estimate of drug-likeness (QED) is 0.361. The van der Waals surface area contributed by atoms with E-state index < -0.39 is 6.61 Å². The van der Waals surface area contributed by atoms with Crippen LogP contribution in [0.4, 0.5) is 0 Å². The molecular formula is C26H23ClN6O3. The smallest absolute Gasteiger partial charge is 0.248 e. The van der Waals surface area contributed by atoms with Crippen molar-refractivity contribution < 1.29 is 14.6 Å². The van der Waals surface area contributed by atoms with Crippen LogP contribution < -0.4 is 4.74 Å². The van der Waals surface area contributed by atoms with Crippen LogP contribution in [0, 0.1) is 0 Å². The second-order valence-electron chi connectivity index (χ2n) is 8.92. The fourth-order valence-corrected chi connectivity index (χ4v) is 4.87. The first-order valence-electron chi connectivity index (χ1n) is 11.6. The van der Waals surface area contributed by atoms with E-state index in [9.17, 15) is 4.79 Å². The van der Waals surface area contributed by atoms with E-state index in [0.29, 0.717) is 23.9 Å². The third-order valence-corrected chi connectivity index (χ3v) is 6.82. The minimum Gasteiger partial charge on any atom is -0.486 e. The molecule has 1 fully saturated rings. The first-order chi connectivity index (χ1) is 17.5. The Morgan fingerprint density at radius 2 is 2.11 bits per heavy atom. The second-order valence-corrected chi connectivity index (χ2v) is 9.36. The zero-order chi connectivity index (χ0) is 24.8. The van der Waals surface area contributed by atoms with Crippen molar-refractivity contribution in [2.45, 2.75) is 19.1 Å². The number of nitrogens with zero attached hydrogens (tertiary/aromatic N) is 5. The van der Waals surface area contributed by atoms with Gasteiger partial charge in [-0.1, -0.05) is 17.7 Å². The topological polar surface area (TPSA) is 109 Å². The maximum atomic E-state index is 11.6. The van der Waals surface area contributed by atoms with E-state index in [1.165, 1.54) is 0 Å². The number of carbonyl (C=O) groups excluding carboxylic acids is 1. The lowest BCUT2D eigenvalue weighted by Crippen LogP contribution is -2.51. The minimum atomic E-state index is -0.468. The van der Waals surface area contributed by atoms with Crippen LogP contribution in [0.2, 0.25) is 5.02 Å². The van der Waals surface area contributed by atoms with Crippen molar-refractivity contribution >= 4 is 39.3 Å². The van der Waals surface area contributed by atoms with Gasteiger partial charge in [-0.25, -0.2) is 0 Å². The predicted molar refractivity (Wildman–Crippen MR) is 136 cm³/mol. The largest absolute Gasteiger partial charge is 0.486 e. The number of fused-ring (bicyclic) bond motifs is 2. The Kier molecular flexibility index (Phi) is 5.58. The van der Waals surface area contributed by atoms with Gasteiger partial charge in [-0.2, -0.15) is 10.2 Å². The number of benzene rings is 2. The van der Waals surface area contributed by atoms with Crippen molar-refractivity contribution in [1.82, 2.24) is 29.9 Å². The Hall–Kier alpha value is -3.95. The van der Waals surface area contributed by atoms with Crippen LogP contribution in [0.1, 0.15) is 24.6 Å². The number of hydrogen-bond acceptors (Lipinski definition) is 6. The molecule has 6 rings (SSSR count). The molecule has 0 saturated carbocycles. The number of pyridine rings is 1. The van der Waals surface area contributed by atoms with Gasteiger partial charge >= 0.3 is 0 Å². The van der Waals surface area contributed by atoms with E-state index in [-0.39, 0.29) is 18.1 Å². The number of ether oxygens (including phenoxy) is 1. The van der Waals surface area contributed by atoms with Gasteiger partial charge in [0.15, 0.2) is 0 Å². The highest BCUT2D eigenvalue weighted by molar-refractivity contribution is 6.31. The molecule has 3 aromatic heterocycles. The van der Waals surface area contributed by atoms with Gasteiger partial charge in [0.2, 0.25) is 5.91 Å². The average molecular weight is 503 g/mol. The van der Waals surface area contributed by atoms with E-state index in [1.807, 2.05) is 60.3 Å². The molecule has 182 valence electrons. The Bertz CT molecular complexity index is 1590. The average Bonchev–Trinajstić information content (AvgIpc) is 3.49. The number of halogens is 1. The molecule has 36 heavy (non-hydrogen) atoms. The van der Waals surface area contributed by atoms with Crippen molar-refractivity contribution in [3.8, 4) is 17.0 Å². The van der Waals surface area contributed by atoms with E-state index in [0.717, 1.165) is 38.6 Å². The molecule has 2 aromatic carbocycles. The van der Waals surface area contributed by atoms with Crippen LogP contribution in [0.3, 0.4) is 0 Å². The molecule has 10 heteroatoms. The van der Waals surface area contributed by atoms with Crippen LogP contribution in [0.5, 0.6) is 5.75 Å². The van der Waals surface area contributed by atoms with Crippen molar-refractivity contribution in [1.29, 1.82) is 0 Å². The van der Waals surface area contributed by atoms with Gasteiger partial charge in [-0.15, -0.1) is 0 Å². The molecular weight excluding hydrogens is 480 g/mol. The molecule has 1 aliphatic rings. The number of amides is 1. The zero-order valence-corrected chi connectivity index (χ0v) is 20.2.